The lowest BCUT2D eigenvalue weighted by Crippen LogP contribution is -2.61. The fraction of sp³-hybridized carbons (Fsp3) is 0.448. The van der Waals surface area contributed by atoms with Crippen LogP contribution in [0.4, 0.5) is 0 Å². The zero-order chi connectivity index (χ0) is 28.5. The number of ether oxygens (including phenoxy) is 2. The van der Waals surface area contributed by atoms with Gasteiger partial charge in [0.25, 0.3) is 5.91 Å². The number of fused-ring (bicyclic) bond motifs is 15. The third-order valence-electron chi connectivity index (χ3n) is 7.04. The quantitative estimate of drug-likeness (QED) is 0.340. The van der Waals surface area contributed by atoms with Crippen LogP contribution in [0.1, 0.15) is 32.3 Å². The van der Waals surface area contributed by atoms with Crippen molar-refractivity contribution in [3.8, 4) is 11.5 Å². The standard InChI is InChI=1S/C29H37N5O6/c1-19-25(35)31-16-17-39-22-8-10-23(11-9-22)40-29(12-14-30-15-13-29)28(38)33-20(2)26(36)34-24(27(37)32-19)18-21-6-4-3-5-7-21/h3-11,19-20,24,30H,12-18H2,1-2H3,(H,31,35)(H,32,37)(H,33,38)(H,34,36)/t19-,20-,24-/m0/s1. The first-order valence-corrected chi connectivity index (χ1v) is 13.6. The SMILES string of the molecule is C[C@@H]1NC(=O)[C@H](Cc2ccccc2)NC(=O)[C@H](C)NC(=O)C2(CCNCC2)Oc2ccc(cc2)OCCNC1=O. The van der Waals surface area contributed by atoms with E-state index in [1.807, 2.05) is 30.3 Å². The highest BCUT2D eigenvalue weighted by atomic mass is 16.5. The summed E-state index contributed by atoms with van der Waals surface area (Å²) in [6.45, 7) is 4.75. The Hall–Kier alpha value is -4.12. The number of benzene rings is 2. The van der Waals surface area contributed by atoms with Gasteiger partial charge >= 0.3 is 0 Å². The number of amides is 4. The summed E-state index contributed by atoms with van der Waals surface area (Å²) in [5.41, 5.74) is -0.333. The van der Waals surface area contributed by atoms with E-state index in [1.54, 1.807) is 38.1 Å². The van der Waals surface area contributed by atoms with Crippen molar-refractivity contribution >= 4 is 23.6 Å². The van der Waals surface area contributed by atoms with E-state index in [2.05, 4.69) is 26.6 Å². The molecule has 3 heterocycles. The van der Waals surface area contributed by atoms with Crippen LogP contribution in [0.25, 0.3) is 0 Å². The van der Waals surface area contributed by atoms with Gasteiger partial charge in [-0.3, -0.25) is 19.2 Å². The van der Waals surface area contributed by atoms with Gasteiger partial charge < -0.3 is 36.1 Å². The molecule has 1 fully saturated rings. The van der Waals surface area contributed by atoms with E-state index in [1.165, 1.54) is 0 Å². The van der Waals surface area contributed by atoms with Crippen molar-refractivity contribution in [2.24, 2.45) is 0 Å². The first kappa shape index (κ1) is 28.9. The Balaban J connectivity index is 1.58. The fourth-order valence-corrected chi connectivity index (χ4v) is 4.66. The van der Waals surface area contributed by atoms with Crippen molar-refractivity contribution in [1.82, 2.24) is 26.6 Å². The van der Waals surface area contributed by atoms with E-state index in [-0.39, 0.29) is 25.5 Å². The number of hydrogen-bond acceptors (Lipinski definition) is 7. The Morgan fingerprint density at radius 2 is 1.40 bits per heavy atom. The second-order valence-corrected chi connectivity index (χ2v) is 10.1. The zero-order valence-corrected chi connectivity index (χ0v) is 22.8. The van der Waals surface area contributed by atoms with Crippen molar-refractivity contribution < 1.29 is 28.7 Å². The number of hydrogen-bond donors (Lipinski definition) is 5. The lowest BCUT2D eigenvalue weighted by Gasteiger charge is -2.37. The van der Waals surface area contributed by atoms with Crippen molar-refractivity contribution in [2.45, 2.75) is 56.8 Å². The number of carbonyl (C=O) groups excluding carboxylic acids is 4. The van der Waals surface area contributed by atoms with E-state index in [9.17, 15) is 19.2 Å². The zero-order valence-electron chi connectivity index (χ0n) is 22.8. The summed E-state index contributed by atoms with van der Waals surface area (Å²) in [5.74, 6) is -0.746. The van der Waals surface area contributed by atoms with E-state index < -0.39 is 41.4 Å². The maximum absolute atomic E-state index is 13.6. The Bertz CT molecular complexity index is 1180. The summed E-state index contributed by atoms with van der Waals surface area (Å²) in [6.07, 6.45) is 1.04. The van der Waals surface area contributed by atoms with Crippen LogP contribution in [0.3, 0.4) is 0 Å². The van der Waals surface area contributed by atoms with Gasteiger partial charge in [0.15, 0.2) is 5.60 Å². The van der Waals surface area contributed by atoms with E-state index in [0.29, 0.717) is 37.4 Å². The topological polar surface area (TPSA) is 147 Å². The minimum absolute atomic E-state index is 0.204. The molecule has 3 aliphatic heterocycles. The predicted octanol–water partition coefficient (Wildman–Crippen LogP) is 0.433. The minimum Gasteiger partial charge on any atom is -0.492 e. The van der Waals surface area contributed by atoms with Gasteiger partial charge in [-0.1, -0.05) is 30.3 Å². The van der Waals surface area contributed by atoms with E-state index >= 15 is 0 Å². The van der Waals surface area contributed by atoms with Gasteiger partial charge in [-0.15, -0.1) is 0 Å². The highest BCUT2D eigenvalue weighted by Gasteiger charge is 2.43. The van der Waals surface area contributed by atoms with Gasteiger partial charge in [0.05, 0.1) is 6.54 Å². The van der Waals surface area contributed by atoms with Gasteiger partial charge in [-0.05, 0) is 56.8 Å². The lowest BCUT2D eigenvalue weighted by molar-refractivity contribution is -0.142. The third-order valence-corrected chi connectivity index (χ3v) is 7.04. The van der Waals surface area contributed by atoms with Gasteiger partial charge in [0.2, 0.25) is 17.7 Å². The number of rotatable bonds is 2. The molecule has 2 bridgehead atoms. The molecule has 5 rings (SSSR count). The summed E-state index contributed by atoms with van der Waals surface area (Å²) in [6, 6.07) is 13.4. The molecule has 2 aromatic carbocycles. The van der Waals surface area contributed by atoms with Crippen LogP contribution in [-0.2, 0) is 25.6 Å². The van der Waals surface area contributed by atoms with Gasteiger partial charge in [-0.2, -0.15) is 0 Å². The molecule has 3 atom stereocenters. The van der Waals surface area contributed by atoms with Crippen LogP contribution in [0, 0.1) is 0 Å². The first-order chi connectivity index (χ1) is 19.3. The Labute approximate surface area is 233 Å². The second kappa shape index (κ2) is 13.3. The number of piperidine rings is 1. The molecule has 0 radical (unpaired) electrons. The smallest absolute Gasteiger partial charge is 0.264 e. The molecule has 1 saturated heterocycles. The Morgan fingerprint density at radius 1 is 0.750 bits per heavy atom. The van der Waals surface area contributed by atoms with Gasteiger partial charge in [0.1, 0.15) is 36.2 Å². The Kier molecular flexibility index (Phi) is 9.60. The molecule has 1 spiro atoms. The van der Waals surface area contributed by atoms with Crippen LogP contribution in [0.5, 0.6) is 11.5 Å². The van der Waals surface area contributed by atoms with Crippen molar-refractivity contribution in [3.05, 3.63) is 60.2 Å². The normalized spacial score (nSPS) is 24.5. The van der Waals surface area contributed by atoms with Crippen LogP contribution in [0.15, 0.2) is 54.6 Å². The maximum Gasteiger partial charge on any atom is 0.264 e. The molecule has 0 unspecified atom stereocenters. The molecule has 11 heteroatoms. The van der Waals surface area contributed by atoms with E-state index in [0.717, 1.165) is 5.56 Å². The molecular weight excluding hydrogens is 514 g/mol. The van der Waals surface area contributed by atoms with Crippen molar-refractivity contribution in [3.63, 3.8) is 0 Å². The molecule has 214 valence electrons. The van der Waals surface area contributed by atoms with Crippen LogP contribution in [-0.4, -0.2) is 73.6 Å². The van der Waals surface area contributed by atoms with Crippen LogP contribution in [0.2, 0.25) is 0 Å². The van der Waals surface area contributed by atoms with Crippen LogP contribution < -0.4 is 36.1 Å². The lowest BCUT2D eigenvalue weighted by atomic mass is 9.90. The maximum atomic E-state index is 13.6. The molecule has 11 nitrogen and oxygen atoms in total. The fourth-order valence-electron chi connectivity index (χ4n) is 4.66. The molecule has 2 aromatic rings. The monoisotopic (exact) mass is 551 g/mol. The average molecular weight is 552 g/mol. The first-order valence-electron chi connectivity index (χ1n) is 13.6. The molecule has 0 aromatic heterocycles. The van der Waals surface area contributed by atoms with Gasteiger partial charge in [0, 0.05) is 19.3 Å². The minimum atomic E-state index is -1.16. The largest absolute Gasteiger partial charge is 0.492 e. The summed E-state index contributed by atoms with van der Waals surface area (Å²) in [5, 5.41) is 14.2. The predicted molar refractivity (Wildman–Crippen MR) is 148 cm³/mol. The highest BCUT2D eigenvalue weighted by Crippen LogP contribution is 2.28. The molecule has 3 aliphatic rings. The van der Waals surface area contributed by atoms with Gasteiger partial charge in [-0.25, -0.2) is 0 Å². The summed E-state index contributed by atoms with van der Waals surface area (Å²) < 4.78 is 12.0. The molecule has 0 aliphatic carbocycles. The average Bonchev–Trinajstić information content (AvgIpc) is 2.96. The van der Waals surface area contributed by atoms with Crippen molar-refractivity contribution in [1.29, 1.82) is 0 Å². The number of carbonyl (C=O) groups is 4. The summed E-state index contributed by atoms with van der Waals surface area (Å²) >= 11 is 0. The van der Waals surface area contributed by atoms with Crippen molar-refractivity contribution in [2.75, 3.05) is 26.2 Å². The van der Waals surface area contributed by atoms with E-state index in [4.69, 9.17) is 9.47 Å². The van der Waals surface area contributed by atoms with Crippen LogP contribution >= 0.6 is 0 Å². The third kappa shape index (κ3) is 7.50. The molecule has 40 heavy (non-hydrogen) atoms. The molecule has 5 N–H and O–H groups in total. The molecular formula is C29H37N5O6. The summed E-state index contributed by atoms with van der Waals surface area (Å²) in [7, 11) is 0. The number of nitrogens with one attached hydrogen (secondary N) is 5. The molecule has 0 saturated carbocycles. The Morgan fingerprint density at radius 3 is 2.10 bits per heavy atom. The highest BCUT2D eigenvalue weighted by molar-refractivity contribution is 5.95. The summed E-state index contributed by atoms with van der Waals surface area (Å²) in [4.78, 5) is 52.6. The second-order valence-electron chi connectivity index (χ2n) is 10.1. The molecule has 4 amide bonds.